The zero-order chi connectivity index (χ0) is 18.6. The fourth-order valence-corrected chi connectivity index (χ4v) is 3.43. The molecule has 1 aromatic carbocycles. The Kier molecular flexibility index (Phi) is 6.59. The van der Waals surface area contributed by atoms with E-state index in [0.717, 1.165) is 31.2 Å². The second-order valence-corrected chi connectivity index (χ2v) is 6.88. The summed E-state index contributed by atoms with van der Waals surface area (Å²) < 4.78 is 14.2. The minimum absolute atomic E-state index is 0.0379. The molecule has 25 heavy (non-hydrogen) atoms. The molecule has 0 bridgehead atoms. The van der Waals surface area contributed by atoms with Gasteiger partial charge in [0, 0.05) is 16.2 Å². The molecule has 0 heterocycles. The summed E-state index contributed by atoms with van der Waals surface area (Å²) >= 11 is 6.07. The van der Waals surface area contributed by atoms with E-state index in [1.807, 2.05) is 6.92 Å². The smallest absolute Gasteiger partial charge is 0.332 e. The minimum Gasteiger partial charge on any atom is -0.478 e. The van der Waals surface area contributed by atoms with Gasteiger partial charge in [-0.05, 0) is 55.7 Å². The highest BCUT2D eigenvalue weighted by molar-refractivity contribution is 6.31. The first-order valence-corrected chi connectivity index (χ1v) is 8.98. The number of aliphatic carboxylic acids is 1. The lowest BCUT2D eigenvalue weighted by molar-refractivity contribution is -0.133. The Hall–Kier alpha value is -1.88. The lowest BCUT2D eigenvalue weighted by atomic mass is 9.83. The van der Waals surface area contributed by atoms with Crippen LogP contribution in [0.1, 0.15) is 51.5 Å². The first-order valence-electron chi connectivity index (χ1n) is 8.60. The molecule has 1 aliphatic rings. The van der Waals surface area contributed by atoms with E-state index >= 15 is 0 Å². The van der Waals surface area contributed by atoms with Crippen molar-refractivity contribution in [3.63, 3.8) is 0 Å². The largest absolute Gasteiger partial charge is 0.478 e. The minimum atomic E-state index is -1.09. The molecule has 1 atom stereocenters. The van der Waals surface area contributed by atoms with Crippen LogP contribution < -0.4 is 5.32 Å². The van der Waals surface area contributed by atoms with Crippen LogP contribution in [0.25, 0.3) is 0 Å². The molecule has 136 valence electrons. The molecule has 0 aliphatic heterocycles. The predicted octanol–water partition coefficient (Wildman–Crippen LogP) is 4.96. The first kappa shape index (κ1) is 19.4. The van der Waals surface area contributed by atoms with Gasteiger partial charge in [-0.25, -0.2) is 9.18 Å². The van der Waals surface area contributed by atoms with Gasteiger partial charge < -0.3 is 10.4 Å². The number of unbranched alkanes of at least 4 members (excludes halogenated alkanes) is 1. The van der Waals surface area contributed by atoms with Crippen LogP contribution in [0, 0.1) is 11.7 Å². The van der Waals surface area contributed by atoms with E-state index in [1.165, 1.54) is 6.07 Å². The highest BCUT2D eigenvalue weighted by Gasteiger charge is 2.29. The van der Waals surface area contributed by atoms with Crippen molar-refractivity contribution in [1.82, 2.24) is 0 Å². The summed E-state index contributed by atoms with van der Waals surface area (Å²) in [4.78, 5) is 24.0. The van der Waals surface area contributed by atoms with Crippen molar-refractivity contribution < 1.29 is 19.1 Å². The van der Waals surface area contributed by atoms with Crippen LogP contribution in [0.15, 0.2) is 23.3 Å². The number of hydrogen-bond donors (Lipinski definition) is 2. The Morgan fingerprint density at radius 3 is 2.76 bits per heavy atom. The van der Waals surface area contributed by atoms with Gasteiger partial charge in [-0.3, -0.25) is 4.79 Å². The van der Waals surface area contributed by atoms with E-state index in [1.54, 1.807) is 13.0 Å². The number of hydrogen-bond acceptors (Lipinski definition) is 2. The molecule has 0 aromatic heterocycles. The molecule has 0 saturated heterocycles. The molecule has 0 fully saturated rings. The second kappa shape index (κ2) is 8.48. The van der Waals surface area contributed by atoms with Crippen LogP contribution in [0.2, 0.25) is 5.02 Å². The van der Waals surface area contributed by atoms with Crippen molar-refractivity contribution in [3.05, 3.63) is 39.7 Å². The Bertz CT molecular complexity index is 715. The van der Waals surface area contributed by atoms with E-state index in [-0.39, 0.29) is 22.8 Å². The Labute approximate surface area is 152 Å². The van der Waals surface area contributed by atoms with Gasteiger partial charge in [0.1, 0.15) is 5.82 Å². The van der Waals surface area contributed by atoms with Crippen LogP contribution in [0.4, 0.5) is 10.1 Å². The lowest BCUT2D eigenvalue weighted by Crippen LogP contribution is -2.25. The molecular weight excluding hydrogens is 345 g/mol. The zero-order valence-corrected chi connectivity index (χ0v) is 15.3. The number of rotatable bonds is 6. The number of carboxylic acids is 1. The summed E-state index contributed by atoms with van der Waals surface area (Å²) in [7, 11) is 0. The van der Waals surface area contributed by atoms with Crippen LogP contribution in [-0.4, -0.2) is 17.0 Å². The number of aryl methyl sites for hydroxylation is 1. The molecular formula is C19H23ClFNO3. The van der Waals surface area contributed by atoms with E-state index < -0.39 is 17.7 Å². The number of halogens is 2. The topological polar surface area (TPSA) is 66.4 Å². The monoisotopic (exact) mass is 367 g/mol. The maximum Gasteiger partial charge on any atom is 0.332 e. The number of amides is 1. The highest BCUT2D eigenvalue weighted by atomic mass is 35.5. The van der Waals surface area contributed by atoms with Gasteiger partial charge in [-0.2, -0.15) is 0 Å². The third-order valence-corrected chi connectivity index (χ3v) is 4.92. The first-order chi connectivity index (χ1) is 11.8. The fraction of sp³-hybridized carbons (Fsp3) is 0.474. The molecule has 2 rings (SSSR count). The molecule has 1 aliphatic carbocycles. The summed E-state index contributed by atoms with van der Waals surface area (Å²) in [6.07, 6.45) is 4.43. The average Bonchev–Trinajstić information content (AvgIpc) is 2.55. The van der Waals surface area contributed by atoms with Crippen molar-refractivity contribution in [2.45, 2.75) is 52.4 Å². The number of carbonyl (C=O) groups is 2. The van der Waals surface area contributed by atoms with Crippen LogP contribution >= 0.6 is 11.6 Å². The Morgan fingerprint density at radius 1 is 1.40 bits per heavy atom. The van der Waals surface area contributed by atoms with Crippen molar-refractivity contribution >= 4 is 29.2 Å². The maximum atomic E-state index is 14.2. The highest BCUT2D eigenvalue weighted by Crippen LogP contribution is 2.32. The van der Waals surface area contributed by atoms with Crippen molar-refractivity contribution in [3.8, 4) is 0 Å². The van der Waals surface area contributed by atoms with Crippen LogP contribution in [0.3, 0.4) is 0 Å². The van der Waals surface area contributed by atoms with Crippen LogP contribution in [-0.2, 0) is 16.0 Å². The average molecular weight is 368 g/mol. The van der Waals surface area contributed by atoms with Gasteiger partial charge >= 0.3 is 5.97 Å². The van der Waals surface area contributed by atoms with Gasteiger partial charge in [-0.15, -0.1) is 0 Å². The van der Waals surface area contributed by atoms with Gasteiger partial charge in [0.15, 0.2) is 0 Å². The van der Waals surface area contributed by atoms with Gasteiger partial charge in [0.2, 0.25) is 0 Å². The van der Waals surface area contributed by atoms with Crippen molar-refractivity contribution in [1.29, 1.82) is 0 Å². The third kappa shape index (κ3) is 4.60. The fourth-order valence-electron chi connectivity index (χ4n) is 3.18. The van der Waals surface area contributed by atoms with Crippen molar-refractivity contribution in [2.75, 3.05) is 5.32 Å². The maximum absolute atomic E-state index is 14.2. The summed E-state index contributed by atoms with van der Waals surface area (Å²) in [5.41, 5.74) is 1.17. The van der Waals surface area contributed by atoms with E-state index in [0.29, 0.717) is 17.9 Å². The summed E-state index contributed by atoms with van der Waals surface area (Å²) in [6, 6.07) is 2.73. The quantitative estimate of drug-likeness (QED) is 0.746. The predicted molar refractivity (Wildman–Crippen MR) is 96.3 cm³/mol. The summed E-state index contributed by atoms with van der Waals surface area (Å²) in [5, 5.41) is 12.3. The van der Waals surface area contributed by atoms with Crippen molar-refractivity contribution in [2.24, 2.45) is 5.92 Å². The molecule has 4 nitrogen and oxygen atoms in total. The SMILES string of the molecule is CCCCc1cc(NC(=O)C2=C(C(=O)O)C(C)CCC2)c(F)cc1Cl. The van der Waals surface area contributed by atoms with Gasteiger partial charge in [-0.1, -0.05) is 31.9 Å². The molecule has 0 saturated carbocycles. The molecule has 2 N–H and O–H groups in total. The molecule has 0 radical (unpaired) electrons. The number of carbonyl (C=O) groups excluding carboxylic acids is 1. The lowest BCUT2D eigenvalue weighted by Gasteiger charge is -2.23. The third-order valence-electron chi connectivity index (χ3n) is 4.57. The number of anilines is 1. The molecule has 1 aromatic rings. The Morgan fingerprint density at radius 2 is 2.12 bits per heavy atom. The van der Waals surface area contributed by atoms with Gasteiger partial charge in [0.25, 0.3) is 5.91 Å². The summed E-state index contributed by atoms with van der Waals surface area (Å²) in [6.45, 7) is 3.84. The van der Waals surface area contributed by atoms with E-state index in [4.69, 9.17) is 11.6 Å². The zero-order valence-electron chi connectivity index (χ0n) is 14.5. The second-order valence-electron chi connectivity index (χ2n) is 6.47. The Balaban J connectivity index is 2.30. The number of nitrogens with one attached hydrogen (secondary N) is 1. The number of benzene rings is 1. The molecule has 0 spiro atoms. The number of carboxylic acid groups (broad SMARTS) is 1. The molecule has 1 unspecified atom stereocenters. The van der Waals surface area contributed by atoms with Crippen LogP contribution in [0.5, 0.6) is 0 Å². The standard InChI is InChI=1S/C19H23ClFNO3/c1-3-4-7-12-9-16(15(21)10-14(12)20)22-18(23)13-8-5-6-11(2)17(13)19(24)25/h9-11H,3-8H2,1-2H3,(H,22,23)(H,24,25). The normalized spacial score (nSPS) is 17.5. The van der Waals surface area contributed by atoms with E-state index in [2.05, 4.69) is 5.32 Å². The summed E-state index contributed by atoms with van der Waals surface area (Å²) in [5.74, 6) is -2.45. The van der Waals surface area contributed by atoms with E-state index in [9.17, 15) is 19.1 Å². The molecule has 6 heteroatoms. The van der Waals surface area contributed by atoms with Gasteiger partial charge in [0.05, 0.1) is 5.69 Å². The molecule has 1 amide bonds.